The standard InChI is InChI=1S/C17H22N6OS/c18-13-3-5-22(10-13)17(24)14-7-21-15(8-20-14)23(9-12-1-2-12)11-16-19-4-6-25-16/h4,6-8,12-13H,1-3,5,9-11,18H2. The first kappa shape index (κ1) is 16.4. The summed E-state index contributed by atoms with van der Waals surface area (Å²) in [7, 11) is 0. The van der Waals surface area contributed by atoms with Gasteiger partial charge in [-0.05, 0) is 25.2 Å². The highest BCUT2D eigenvalue weighted by atomic mass is 32.1. The van der Waals surface area contributed by atoms with Crippen molar-refractivity contribution in [1.82, 2.24) is 19.9 Å². The summed E-state index contributed by atoms with van der Waals surface area (Å²) in [6, 6.07) is 0.0727. The Hall–Kier alpha value is -2.06. The highest BCUT2D eigenvalue weighted by Crippen LogP contribution is 2.31. The SMILES string of the molecule is NC1CCN(C(=O)c2cnc(N(Cc3nccs3)CC3CC3)cn2)C1. The maximum atomic E-state index is 12.5. The molecule has 1 unspecified atom stereocenters. The van der Waals surface area contributed by atoms with Gasteiger partial charge in [0.1, 0.15) is 16.5 Å². The van der Waals surface area contributed by atoms with Crippen LogP contribution in [0.4, 0.5) is 5.82 Å². The molecular weight excluding hydrogens is 336 g/mol. The Labute approximate surface area is 150 Å². The van der Waals surface area contributed by atoms with E-state index >= 15 is 0 Å². The number of hydrogen-bond donors (Lipinski definition) is 1. The molecule has 1 amide bonds. The van der Waals surface area contributed by atoms with Gasteiger partial charge >= 0.3 is 0 Å². The Bertz CT molecular complexity index is 715. The molecule has 0 bridgehead atoms. The molecule has 2 N–H and O–H groups in total. The Morgan fingerprint density at radius 3 is 2.76 bits per heavy atom. The quantitative estimate of drug-likeness (QED) is 0.842. The van der Waals surface area contributed by atoms with Crippen LogP contribution >= 0.6 is 11.3 Å². The molecule has 1 saturated heterocycles. The fourth-order valence-corrected chi connectivity index (χ4v) is 3.71. The highest BCUT2D eigenvalue weighted by molar-refractivity contribution is 7.09. The predicted octanol–water partition coefficient (Wildman–Crippen LogP) is 1.52. The van der Waals surface area contributed by atoms with E-state index in [4.69, 9.17) is 5.73 Å². The largest absolute Gasteiger partial charge is 0.348 e. The van der Waals surface area contributed by atoms with Crippen LogP contribution in [-0.2, 0) is 6.54 Å². The fourth-order valence-electron chi connectivity index (χ4n) is 3.07. The Morgan fingerprint density at radius 2 is 2.16 bits per heavy atom. The number of carbonyl (C=O) groups is 1. The molecule has 1 atom stereocenters. The third-order valence-corrected chi connectivity index (χ3v) is 5.44. The average molecular weight is 358 g/mol. The second-order valence-electron chi connectivity index (χ2n) is 6.81. The molecule has 4 rings (SSSR count). The smallest absolute Gasteiger partial charge is 0.274 e. The molecule has 1 aliphatic carbocycles. The summed E-state index contributed by atoms with van der Waals surface area (Å²) in [5.74, 6) is 1.45. The predicted molar refractivity (Wildman–Crippen MR) is 96.4 cm³/mol. The first-order chi connectivity index (χ1) is 12.2. The molecule has 0 radical (unpaired) electrons. The molecule has 2 aliphatic rings. The van der Waals surface area contributed by atoms with Crippen molar-refractivity contribution in [1.29, 1.82) is 0 Å². The number of nitrogens with two attached hydrogens (primary N) is 1. The maximum absolute atomic E-state index is 12.5. The summed E-state index contributed by atoms with van der Waals surface area (Å²) in [6.45, 7) is 2.99. The van der Waals surface area contributed by atoms with Crippen LogP contribution in [-0.4, -0.2) is 51.4 Å². The van der Waals surface area contributed by atoms with Gasteiger partial charge in [-0.3, -0.25) is 4.79 Å². The summed E-state index contributed by atoms with van der Waals surface area (Å²) in [4.78, 5) is 29.7. The molecule has 1 saturated carbocycles. The molecule has 2 aromatic heterocycles. The minimum Gasteiger partial charge on any atom is -0.348 e. The van der Waals surface area contributed by atoms with Crippen molar-refractivity contribution in [2.75, 3.05) is 24.5 Å². The van der Waals surface area contributed by atoms with Crippen LogP contribution in [0.3, 0.4) is 0 Å². The fraction of sp³-hybridized carbons (Fsp3) is 0.529. The van der Waals surface area contributed by atoms with Gasteiger partial charge in [0.2, 0.25) is 0 Å². The number of amides is 1. The minimum absolute atomic E-state index is 0.0727. The van der Waals surface area contributed by atoms with Crippen LogP contribution < -0.4 is 10.6 Å². The monoisotopic (exact) mass is 358 g/mol. The van der Waals surface area contributed by atoms with E-state index in [1.165, 1.54) is 12.8 Å². The van der Waals surface area contributed by atoms with E-state index in [0.717, 1.165) is 36.3 Å². The second kappa shape index (κ2) is 7.05. The zero-order valence-electron chi connectivity index (χ0n) is 14.0. The molecule has 2 fully saturated rings. The van der Waals surface area contributed by atoms with E-state index in [1.54, 1.807) is 28.6 Å². The van der Waals surface area contributed by atoms with Gasteiger partial charge in [-0.1, -0.05) is 0 Å². The first-order valence-electron chi connectivity index (χ1n) is 8.69. The van der Waals surface area contributed by atoms with Gasteiger partial charge in [-0.15, -0.1) is 11.3 Å². The van der Waals surface area contributed by atoms with Gasteiger partial charge in [-0.2, -0.15) is 0 Å². The zero-order chi connectivity index (χ0) is 17.2. The summed E-state index contributed by atoms with van der Waals surface area (Å²) in [5.41, 5.74) is 6.27. The topological polar surface area (TPSA) is 88.2 Å². The molecule has 1 aliphatic heterocycles. The highest BCUT2D eigenvalue weighted by Gasteiger charge is 2.27. The van der Waals surface area contributed by atoms with E-state index < -0.39 is 0 Å². The van der Waals surface area contributed by atoms with E-state index in [-0.39, 0.29) is 11.9 Å². The molecule has 25 heavy (non-hydrogen) atoms. The summed E-state index contributed by atoms with van der Waals surface area (Å²) >= 11 is 1.64. The van der Waals surface area contributed by atoms with E-state index in [9.17, 15) is 4.79 Å². The number of rotatable bonds is 6. The van der Waals surface area contributed by atoms with Crippen molar-refractivity contribution in [2.24, 2.45) is 11.7 Å². The van der Waals surface area contributed by atoms with Crippen LogP contribution in [0, 0.1) is 5.92 Å². The van der Waals surface area contributed by atoms with Crippen LogP contribution in [0.1, 0.15) is 34.8 Å². The van der Waals surface area contributed by atoms with Crippen molar-refractivity contribution in [3.05, 3.63) is 34.7 Å². The lowest BCUT2D eigenvalue weighted by molar-refractivity contribution is 0.0784. The average Bonchev–Trinajstić information content (AvgIpc) is 3.10. The number of aromatic nitrogens is 3. The van der Waals surface area contributed by atoms with Crippen molar-refractivity contribution < 1.29 is 4.79 Å². The summed E-state index contributed by atoms with van der Waals surface area (Å²) in [5, 5.41) is 3.05. The van der Waals surface area contributed by atoms with Crippen LogP contribution in [0.2, 0.25) is 0 Å². The molecule has 132 valence electrons. The van der Waals surface area contributed by atoms with Gasteiger partial charge in [0, 0.05) is 37.3 Å². The van der Waals surface area contributed by atoms with E-state index in [0.29, 0.717) is 18.8 Å². The van der Waals surface area contributed by atoms with Crippen molar-refractivity contribution in [3.8, 4) is 0 Å². The van der Waals surface area contributed by atoms with Gasteiger partial charge in [0.25, 0.3) is 5.91 Å². The van der Waals surface area contributed by atoms with Crippen LogP contribution in [0.5, 0.6) is 0 Å². The molecule has 0 spiro atoms. The molecule has 0 aromatic carbocycles. The zero-order valence-corrected chi connectivity index (χ0v) is 14.9. The third-order valence-electron chi connectivity index (χ3n) is 4.68. The molecule has 2 aromatic rings. The van der Waals surface area contributed by atoms with Crippen molar-refractivity contribution in [2.45, 2.75) is 31.8 Å². The molecule has 3 heterocycles. The van der Waals surface area contributed by atoms with Crippen molar-refractivity contribution in [3.63, 3.8) is 0 Å². The number of hydrogen-bond acceptors (Lipinski definition) is 7. The number of nitrogens with zero attached hydrogens (tertiary/aromatic N) is 5. The van der Waals surface area contributed by atoms with Gasteiger partial charge in [-0.25, -0.2) is 15.0 Å². The normalized spacial score (nSPS) is 20.0. The number of thiazole rings is 1. The molecular formula is C17H22N6OS. The van der Waals surface area contributed by atoms with Gasteiger partial charge < -0.3 is 15.5 Å². The van der Waals surface area contributed by atoms with Crippen molar-refractivity contribution >= 4 is 23.1 Å². The van der Waals surface area contributed by atoms with E-state index in [2.05, 4.69) is 19.9 Å². The lowest BCUT2D eigenvalue weighted by Gasteiger charge is -2.22. The Morgan fingerprint density at radius 1 is 1.28 bits per heavy atom. The van der Waals surface area contributed by atoms with Gasteiger partial charge in [0.15, 0.2) is 0 Å². The number of likely N-dealkylation sites (tertiary alicyclic amines) is 1. The Balaban J connectivity index is 1.47. The summed E-state index contributed by atoms with van der Waals surface area (Å²) < 4.78 is 0. The lowest BCUT2D eigenvalue weighted by Crippen LogP contribution is -2.32. The van der Waals surface area contributed by atoms with Crippen LogP contribution in [0.15, 0.2) is 24.0 Å². The lowest BCUT2D eigenvalue weighted by atomic mass is 10.3. The number of anilines is 1. The number of carbonyl (C=O) groups excluding carboxylic acids is 1. The van der Waals surface area contributed by atoms with Gasteiger partial charge in [0.05, 0.1) is 18.9 Å². The third kappa shape index (κ3) is 3.96. The second-order valence-corrected chi connectivity index (χ2v) is 7.79. The van der Waals surface area contributed by atoms with E-state index in [1.807, 2.05) is 11.6 Å². The Kier molecular flexibility index (Phi) is 4.63. The first-order valence-corrected chi connectivity index (χ1v) is 9.57. The minimum atomic E-state index is -0.0827. The van der Waals surface area contributed by atoms with Crippen LogP contribution in [0.25, 0.3) is 0 Å². The molecule has 7 nitrogen and oxygen atoms in total. The molecule has 8 heteroatoms. The maximum Gasteiger partial charge on any atom is 0.274 e. The summed E-state index contributed by atoms with van der Waals surface area (Å²) in [6.07, 6.45) is 8.51.